The smallest absolute Gasteiger partial charge is 0.336 e. The maximum atomic E-state index is 12.7. The number of carbonyl (C=O) groups excluding carboxylic acids is 2. The summed E-state index contributed by atoms with van der Waals surface area (Å²) >= 11 is 1.49. The predicted octanol–water partition coefficient (Wildman–Crippen LogP) is 2.75. The molecule has 0 bridgehead atoms. The number of hydrogen-bond donors (Lipinski definition) is 3. The molecule has 1 heterocycles. The zero-order valence-electron chi connectivity index (χ0n) is 15.2. The zero-order chi connectivity index (χ0) is 20.8. The summed E-state index contributed by atoms with van der Waals surface area (Å²) in [6, 6.07) is 15.3. The van der Waals surface area contributed by atoms with E-state index in [0.717, 1.165) is 15.6 Å². The lowest BCUT2D eigenvalue weighted by Crippen LogP contribution is -2.38. The van der Waals surface area contributed by atoms with Crippen LogP contribution in [0.4, 0.5) is 0 Å². The summed E-state index contributed by atoms with van der Waals surface area (Å²) in [5.41, 5.74) is 0.649. The standard InChI is InChI=1S/C21H17N3O4S/c22-9-10-23-20(26)16(17-12-29-18-8-4-3-5-13(17)18)11-24-19(25)14-6-1-2-7-15(14)21(27)28/h1-8,12,16H,10-11H2,(H,23,26)(H,24,25)(H,27,28). The fourth-order valence-corrected chi connectivity index (χ4v) is 4.03. The number of carboxylic acid groups (broad SMARTS) is 1. The van der Waals surface area contributed by atoms with Crippen molar-refractivity contribution in [3.8, 4) is 6.07 Å². The lowest BCUT2D eigenvalue weighted by atomic mass is 9.97. The van der Waals surface area contributed by atoms with Gasteiger partial charge in [-0.1, -0.05) is 30.3 Å². The van der Waals surface area contributed by atoms with Gasteiger partial charge in [-0.05, 0) is 34.5 Å². The quantitative estimate of drug-likeness (QED) is 0.520. The van der Waals surface area contributed by atoms with Gasteiger partial charge in [0.05, 0.1) is 23.1 Å². The summed E-state index contributed by atoms with van der Waals surface area (Å²) in [5, 5.41) is 26.0. The molecule has 29 heavy (non-hydrogen) atoms. The van der Waals surface area contributed by atoms with Crippen LogP contribution in [-0.4, -0.2) is 36.0 Å². The van der Waals surface area contributed by atoms with Gasteiger partial charge in [0.2, 0.25) is 5.91 Å². The summed E-state index contributed by atoms with van der Waals surface area (Å²) in [4.78, 5) is 36.6. The monoisotopic (exact) mass is 407 g/mol. The number of carbonyl (C=O) groups is 3. The third kappa shape index (κ3) is 4.42. The lowest BCUT2D eigenvalue weighted by molar-refractivity contribution is -0.122. The molecule has 146 valence electrons. The molecule has 0 aliphatic heterocycles. The summed E-state index contributed by atoms with van der Waals surface area (Å²) in [7, 11) is 0. The molecule has 3 aromatic rings. The Morgan fingerprint density at radius 2 is 1.72 bits per heavy atom. The van der Waals surface area contributed by atoms with Crippen LogP contribution >= 0.6 is 11.3 Å². The van der Waals surface area contributed by atoms with E-state index >= 15 is 0 Å². The number of nitrogens with zero attached hydrogens (tertiary/aromatic N) is 1. The number of benzene rings is 2. The van der Waals surface area contributed by atoms with Crippen molar-refractivity contribution >= 4 is 39.2 Å². The molecular weight excluding hydrogens is 390 g/mol. The van der Waals surface area contributed by atoms with E-state index in [9.17, 15) is 19.5 Å². The van der Waals surface area contributed by atoms with Crippen molar-refractivity contribution in [2.45, 2.75) is 5.92 Å². The average Bonchev–Trinajstić information content (AvgIpc) is 3.16. The highest BCUT2D eigenvalue weighted by atomic mass is 32.1. The molecule has 7 nitrogen and oxygen atoms in total. The minimum atomic E-state index is -1.21. The summed E-state index contributed by atoms with van der Waals surface area (Å²) in [6.45, 7) is -0.183. The molecular formula is C21H17N3O4S. The van der Waals surface area contributed by atoms with Crippen LogP contribution in [0.1, 0.15) is 32.2 Å². The minimum absolute atomic E-state index is 0.0198. The third-order valence-electron chi connectivity index (χ3n) is 4.41. The Morgan fingerprint density at radius 3 is 2.45 bits per heavy atom. The van der Waals surface area contributed by atoms with Crippen LogP contribution in [-0.2, 0) is 4.79 Å². The van der Waals surface area contributed by atoms with Gasteiger partial charge in [-0.2, -0.15) is 5.26 Å². The number of amides is 2. The van der Waals surface area contributed by atoms with Crippen LogP contribution < -0.4 is 10.6 Å². The topological polar surface area (TPSA) is 119 Å². The molecule has 3 N–H and O–H groups in total. The van der Waals surface area contributed by atoms with Crippen molar-refractivity contribution in [1.82, 2.24) is 10.6 Å². The Morgan fingerprint density at radius 1 is 1.03 bits per heavy atom. The first kappa shape index (κ1) is 20.0. The zero-order valence-corrected chi connectivity index (χ0v) is 16.0. The normalized spacial score (nSPS) is 11.4. The second-order valence-corrected chi connectivity index (χ2v) is 7.09. The molecule has 1 aromatic heterocycles. The second-order valence-electron chi connectivity index (χ2n) is 6.18. The van der Waals surface area contributed by atoms with E-state index in [1.165, 1.54) is 29.5 Å². The molecule has 1 unspecified atom stereocenters. The average molecular weight is 407 g/mol. The molecule has 0 saturated heterocycles. The first-order valence-corrected chi connectivity index (χ1v) is 9.62. The van der Waals surface area contributed by atoms with Gasteiger partial charge in [-0.3, -0.25) is 9.59 Å². The number of aromatic carboxylic acids is 1. The number of fused-ring (bicyclic) bond motifs is 1. The number of nitrogens with one attached hydrogen (secondary N) is 2. The number of hydrogen-bond acceptors (Lipinski definition) is 5. The van der Waals surface area contributed by atoms with E-state index in [2.05, 4.69) is 10.6 Å². The van der Waals surface area contributed by atoms with Gasteiger partial charge in [0.1, 0.15) is 6.54 Å². The first-order valence-electron chi connectivity index (χ1n) is 8.74. The van der Waals surface area contributed by atoms with Crippen LogP contribution in [0.5, 0.6) is 0 Å². The number of carboxylic acids is 1. The fourth-order valence-electron chi connectivity index (χ4n) is 3.02. The summed E-state index contributed by atoms with van der Waals surface area (Å²) < 4.78 is 1.00. The summed E-state index contributed by atoms with van der Waals surface area (Å²) in [5.74, 6) is -2.90. The Hall–Kier alpha value is -3.70. The van der Waals surface area contributed by atoms with Gasteiger partial charge in [0.25, 0.3) is 5.91 Å². The molecule has 2 amide bonds. The first-order chi connectivity index (χ1) is 14.0. The maximum Gasteiger partial charge on any atom is 0.336 e. The molecule has 0 radical (unpaired) electrons. The van der Waals surface area contributed by atoms with Gasteiger partial charge >= 0.3 is 5.97 Å². The van der Waals surface area contributed by atoms with Crippen molar-refractivity contribution in [1.29, 1.82) is 5.26 Å². The number of thiophene rings is 1. The van der Waals surface area contributed by atoms with Crippen LogP contribution in [0.15, 0.2) is 53.9 Å². The van der Waals surface area contributed by atoms with E-state index in [1.807, 2.05) is 35.7 Å². The molecule has 0 aliphatic rings. The Bertz CT molecular complexity index is 1120. The van der Waals surface area contributed by atoms with Gasteiger partial charge in [-0.25, -0.2) is 4.79 Å². The van der Waals surface area contributed by atoms with Crippen LogP contribution in [0, 0.1) is 11.3 Å². The van der Waals surface area contributed by atoms with Crippen LogP contribution in [0.25, 0.3) is 10.1 Å². The molecule has 2 aromatic carbocycles. The van der Waals surface area contributed by atoms with Crippen molar-refractivity contribution in [3.05, 3.63) is 70.6 Å². The molecule has 0 spiro atoms. The maximum absolute atomic E-state index is 12.7. The molecule has 3 rings (SSSR count). The highest BCUT2D eigenvalue weighted by molar-refractivity contribution is 7.17. The Kier molecular flexibility index (Phi) is 6.22. The van der Waals surface area contributed by atoms with E-state index in [4.69, 9.17) is 5.26 Å². The second kappa shape index (κ2) is 8.99. The van der Waals surface area contributed by atoms with Crippen molar-refractivity contribution in [3.63, 3.8) is 0 Å². The third-order valence-corrected chi connectivity index (χ3v) is 5.40. The van der Waals surface area contributed by atoms with Gasteiger partial charge in [0, 0.05) is 11.2 Å². The largest absolute Gasteiger partial charge is 0.478 e. The molecule has 1 atom stereocenters. The van der Waals surface area contributed by atoms with Crippen LogP contribution in [0.3, 0.4) is 0 Å². The fraction of sp³-hybridized carbons (Fsp3) is 0.143. The van der Waals surface area contributed by atoms with E-state index in [1.54, 1.807) is 6.07 Å². The van der Waals surface area contributed by atoms with E-state index in [-0.39, 0.29) is 30.1 Å². The van der Waals surface area contributed by atoms with Crippen molar-refractivity contribution < 1.29 is 19.5 Å². The number of nitriles is 1. The van der Waals surface area contributed by atoms with Crippen molar-refractivity contribution in [2.24, 2.45) is 0 Å². The molecule has 8 heteroatoms. The Balaban J connectivity index is 1.86. The van der Waals surface area contributed by atoms with Gasteiger partial charge < -0.3 is 15.7 Å². The van der Waals surface area contributed by atoms with E-state index in [0.29, 0.717) is 0 Å². The molecule has 0 aliphatic carbocycles. The highest BCUT2D eigenvalue weighted by Crippen LogP contribution is 2.31. The van der Waals surface area contributed by atoms with Crippen LogP contribution in [0.2, 0.25) is 0 Å². The Labute approximate surface area is 170 Å². The number of rotatable bonds is 7. The highest BCUT2D eigenvalue weighted by Gasteiger charge is 2.25. The van der Waals surface area contributed by atoms with Gasteiger partial charge in [0.15, 0.2) is 0 Å². The van der Waals surface area contributed by atoms with Crippen molar-refractivity contribution in [2.75, 3.05) is 13.1 Å². The molecule has 0 fully saturated rings. The predicted molar refractivity (Wildman–Crippen MR) is 109 cm³/mol. The van der Waals surface area contributed by atoms with Gasteiger partial charge in [-0.15, -0.1) is 11.3 Å². The minimum Gasteiger partial charge on any atom is -0.478 e. The lowest BCUT2D eigenvalue weighted by Gasteiger charge is -2.17. The van der Waals surface area contributed by atoms with E-state index < -0.39 is 17.8 Å². The molecule has 0 saturated carbocycles. The summed E-state index contributed by atoms with van der Waals surface area (Å²) in [6.07, 6.45) is 0. The SMILES string of the molecule is N#CCNC(=O)C(CNC(=O)c1ccccc1C(=O)O)c1csc2ccccc12.